The van der Waals surface area contributed by atoms with Gasteiger partial charge in [0.15, 0.2) is 0 Å². The Kier molecular flexibility index (Phi) is 16.3. The van der Waals surface area contributed by atoms with Crippen molar-refractivity contribution in [1.29, 1.82) is 0 Å². The predicted molar refractivity (Wildman–Crippen MR) is 278 cm³/mol. The van der Waals surface area contributed by atoms with Crippen molar-refractivity contribution in [3.63, 3.8) is 0 Å². The molecule has 0 radical (unpaired) electrons. The van der Waals surface area contributed by atoms with Gasteiger partial charge in [-0.25, -0.2) is 9.97 Å². The SMILES string of the molecule is CCCc1ccc(-c2c(Oc3[c-]c4c(cc3)c3ccc(Oc5[c-]c(-c6ccccn6)cc(C(C)C)c5-c5ccc(CCC)cc5)[c-]c3n4-c3ncccn3)[c-]c(-c3ccccn3)cc2C(C)C)cc1.[Pt+2].[Pt+2]. The minimum atomic E-state index is 0. The molecule has 0 N–H and O–H groups in total. The second-order valence-electron chi connectivity index (χ2n) is 18.1. The molecule has 0 saturated heterocycles. The summed E-state index contributed by atoms with van der Waals surface area (Å²) in [5.41, 5.74) is 13.8. The number of hydrogen-bond donors (Lipinski definition) is 0. The number of pyridine rings is 2. The first-order chi connectivity index (χ1) is 33.8. The smallest absolute Gasteiger partial charge is 0.502 e. The number of aryl methyl sites for hydroxylation is 2. The Balaban J connectivity index is 0.00000338. The number of nitrogens with zero attached hydrogens (tertiary/aromatic N) is 5. The predicted octanol–water partition coefficient (Wildman–Crippen LogP) is 16.0. The van der Waals surface area contributed by atoms with Crippen LogP contribution in [0.3, 0.4) is 0 Å². The van der Waals surface area contributed by atoms with Crippen LogP contribution in [-0.2, 0) is 55.0 Å². The molecule has 0 amide bonds. The van der Waals surface area contributed by atoms with Crippen LogP contribution in [-0.4, -0.2) is 24.5 Å². The molecule has 0 bridgehead atoms. The molecule has 0 aliphatic heterocycles. The molecule has 4 aromatic heterocycles. The Morgan fingerprint density at radius 2 is 0.901 bits per heavy atom. The summed E-state index contributed by atoms with van der Waals surface area (Å²) in [5, 5.41) is 1.87. The second kappa shape index (κ2) is 22.7. The van der Waals surface area contributed by atoms with E-state index in [2.05, 4.69) is 139 Å². The average Bonchev–Trinajstić information content (AvgIpc) is 3.70. The quantitative estimate of drug-likeness (QED) is 0.0952. The van der Waals surface area contributed by atoms with E-state index in [4.69, 9.17) is 29.4 Å². The monoisotopic (exact) mass is 1290 g/mol. The molecule has 4 heterocycles. The Morgan fingerprint density at radius 1 is 0.479 bits per heavy atom. The van der Waals surface area contributed by atoms with Gasteiger partial charge in [-0.15, -0.1) is 58.7 Å². The van der Waals surface area contributed by atoms with E-state index >= 15 is 0 Å². The normalized spacial score (nSPS) is 11.2. The van der Waals surface area contributed by atoms with E-state index in [-0.39, 0.29) is 54.0 Å². The molecule has 0 aliphatic rings. The molecular formula is C62H53N5O2Pt2. The molecule has 9 heteroatoms. The van der Waals surface area contributed by atoms with Crippen LogP contribution in [0.15, 0.2) is 152 Å². The number of hydrogen-bond acceptors (Lipinski definition) is 6. The molecule has 0 saturated carbocycles. The maximum Gasteiger partial charge on any atom is 2.00 e. The van der Waals surface area contributed by atoms with Crippen LogP contribution in [0.1, 0.15) is 88.5 Å². The van der Waals surface area contributed by atoms with Gasteiger partial charge in [-0.1, -0.05) is 173 Å². The van der Waals surface area contributed by atoms with Crippen molar-refractivity contribution in [2.24, 2.45) is 0 Å². The van der Waals surface area contributed by atoms with Crippen molar-refractivity contribution in [2.45, 2.75) is 79.1 Å². The van der Waals surface area contributed by atoms with Crippen LogP contribution >= 0.6 is 0 Å². The first kappa shape index (κ1) is 50.9. The van der Waals surface area contributed by atoms with Crippen LogP contribution in [0, 0.1) is 24.3 Å². The molecule has 0 unspecified atom stereocenters. The van der Waals surface area contributed by atoms with E-state index in [0.29, 0.717) is 28.9 Å². The third-order valence-corrected chi connectivity index (χ3v) is 12.5. The fourth-order valence-electron chi connectivity index (χ4n) is 9.16. The summed E-state index contributed by atoms with van der Waals surface area (Å²) in [6, 6.07) is 58.4. The summed E-state index contributed by atoms with van der Waals surface area (Å²) in [7, 11) is 0. The molecule has 10 rings (SSSR count). The van der Waals surface area contributed by atoms with Gasteiger partial charge in [-0.05, 0) is 65.4 Å². The summed E-state index contributed by atoms with van der Waals surface area (Å²) in [4.78, 5) is 18.9. The van der Waals surface area contributed by atoms with E-state index in [1.807, 2.05) is 71.6 Å². The summed E-state index contributed by atoms with van der Waals surface area (Å²) in [6.45, 7) is 13.3. The molecule has 0 spiro atoms. The largest absolute Gasteiger partial charge is 2.00 e. The van der Waals surface area contributed by atoms with Crippen LogP contribution in [0.4, 0.5) is 0 Å². The van der Waals surface area contributed by atoms with Gasteiger partial charge in [0.1, 0.15) is 0 Å². The number of aromatic nitrogens is 5. The molecule has 7 nitrogen and oxygen atoms in total. The first-order valence-electron chi connectivity index (χ1n) is 24.0. The fraction of sp³-hybridized carbons (Fsp3) is 0.194. The Labute approximate surface area is 446 Å². The van der Waals surface area contributed by atoms with Gasteiger partial charge < -0.3 is 24.0 Å². The van der Waals surface area contributed by atoms with E-state index in [0.717, 1.165) is 103 Å². The summed E-state index contributed by atoms with van der Waals surface area (Å²) in [5.74, 6) is 3.06. The van der Waals surface area contributed by atoms with Crippen molar-refractivity contribution in [1.82, 2.24) is 24.5 Å². The summed E-state index contributed by atoms with van der Waals surface area (Å²) in [6.07, 6.45) is 11.3. The van der Waals surface area contributed by atoms with Gasteiger partial charge >= 0.3 is 42.1 Å². The standard InChI is InChI=1S/C62H53N5O2.2Pt/c1-7-14-42-18-22-44(23-19-42)60-52(40(3)4)34-46(54-16-9-11-30-63-54)36-58(60)68-48-26-28-50-51-29-27-49(39-57(51)67(56(50)38-48)62-65-32-13-33-66-62)69-59-37-47(55-17-10-12-31-64-55)35-53(41(5)6)61(59)45-24-20-43(15-8-2)21-25-45;;/h9-13,16-35,40-41H,7-8,14-15H2,1-6H3;;/q-4;2*+2. The maximum absolute atomic E-state index is 7.01. The van der Waals surface area contributed by atoms with Crippen molar-refractivity contribution >= 4 is 21.8 Å². The zero-order chi connectivity index (χ0) is 47.4. The van der Waals surface area contributed by atoms with Gasteiger partial charge in [0.25, 0.3) is 0 Å². The minimum absolute atomic E-state index is 0. The summed E-state index contributed by atoms with van der Waals surface area (Å²) >= 11 is 0. The average molecular weight is 1290 g/mol. The molecule has 71 heavy (non-hydrogen) atoms. The van der Waals surface area contributed by atoms with Crippen LogP contribution in [0.5, 0.6) is 23.0 Å². The van der Waals surface area contributed by atoms with Gasteiger partial charge in [0, 0.05) is 47.8 Å². The zero-order valence-electron chi connectivity index (χ0n) is 40.6. The van der Waals surface area contributed by atoms with Crippen molar-refractivity contribution in [3.8, 4) is 73.7 Å². The van der Waals surface area contributed by atoms with Gasteiger partial charge in [0.2, 0.25) is 5.95 Å². The van der Waals surface area contributed by atoms with E-state index < -0.39 is 0 Å². The number of ether oxygens (including phenoxy) is 2. The molecule has 0 fully saturated rings. The van der Waals surface area contributed by atoms with Crippen molar-refractivity contribution in [3.05, 3.63) is 199 Å². The third-order valence-electron chi connectivity index (χ3n) is 12.5. The zero-order valence-corrected chi connectivity index (χ0v) is 45.1. The second-order valence-corrected chi connectivity index (χ2v) is 18.1. The third kappa shape index (κ3) is 10.7. The maximum atomic E-state index is 7.01. The molecule has 10 aromatic rings. The fourth-order valence-corrected chi connectivity index (χ4v) is 9.16. The number of fused-ring (bicyclic) bond motifs is 3. The molecule has 0 aliphatic carbocycles. The Bertz CT molecular complexity index is 3190. The van der Waals surface area contributed by atoms with Gasteiger partial charge in [-0.2, -0.15) is 22.9 Å². The topological polar surface area (TPSA) is 75.0 Å². The summed E-state index contributed by atoms with van der Waals surface area (Å²) < 4.78 is 16.0. The number of rotatable bonds is 15. The minimum Gasteiger partial charge on any atom is -0.502 e. The molecule has 6 aromatic carbocycles. The van der Waals surface area contributed by atoms with Crippen LogP contribution < -0.4 is 9.47 Å². The van der Waals surface area contributed by atoms with Crippen LogP contribution in [0.2, 0.25) is 0 Å². The van der Waals surface area contributed by atoms with Crippen LogP contribution in [0.25, 0.3) is 72.5 Å². The van der Waals surface area contributed by atoms with Crippen molar-refractivity contribution < 1.29 is 51.6 Å². The molecule has 358 valence electrons. The van der Waals surface area contributed by atoms with Gasteiger partial charge in [0.05, 0.1) is 0 Å². The van der Waals surface area contributed by atoms with Crippen molar-refractivity contribution in [2.75, 3.05) is 0 Å². The first-order valence-corrected chi connectivity index (χ1v) is 24.0. The van der Waals surface area contributed by atoms with E-state index in [1.54, 1.807) is 12.4 Å². The number of benzene rings is 6. The Morgan fingerprint density at radius 3 is 1.28 bits per heavy atom. The van der Waals surface area contributed by atoms with Gasteiger partial charge in [-0.3, -0.25) is 0 Å². The molecule has 0 atom stereocenters. The van der Waals surface area contributed by atoms with E-state index in [1.165, 1.54) is 11.1 Å². The van der Waals surface area contributed by atoms with E-state index in [9.17, 15) is 0 Å². The molecular weight excluding hydrogens is 1240 g/mol. The Hall–Kier alpha value is -6.52.